The number of hydrogen-bond donors (Lipinski definition) is 0. The van der Waals surface area contributed by atoms with Gasteiger partial charge in [0.15, 0.2) is 0 Å². The Hall–Kier alpha value is 0.640. The summed E-state index contributed by atoms with van der Waals surface area (Å²) in [6, 6.07) is 0. The van der Waals surface area contributed by atoms with E-state index in [1.54, 1.807) is 0 Å². The van der Waals surface area contributed by atoms with E-state index in [9.17, 15) is 8.42 Å². The van der Waals surface area contributed by atoms with E-state index in [2.05, 4.69) is 18.7 Å². The molecule has 1 saturated heterocycles. The Kier molecular flexibility index (Phi) is 4.00. The zero-order chi connectivity index (χ0) is 10.1. The maximum Gasteiger partial charge on any atom is 0.204 e. The summed E-state index contributed by atoms with van der Waals surface area (Å²) in [5.74, 6) is 1.79. The largest absolute Gasteiger partial charge is 0.302 e. The molecule has 1 aliphatic rings. The van der Waals surface area contributed by atoms with Crippen molar-refractivity contribution in [2.24, 2.45) is 11.8 Å². The van der Waals surface area contributed by atoms with Gasteiger partial charge in [-0.25, -0.2) is 8.42 Å². The van der Waals surface area contributed by atoms with Crippen molar-refractivity contribution in [2.45, 2.75) is 13.8 Å². The molecule has 0 saturated carbocycles. The highest BCUT2D eigenvalue weighted by molar-refractivity contribution is 14.2. The molecule has 0 bridgehead atoms. The lowest BCUT2D eigenvalue weighted by atomic mass is 9.89. The van der Waals surface area contributed by atoms with E-state index in [1.807, 2.05) is 0 Å². The summed E-state index contributed by atoms with van der Waals surface area (Å²) in [4.78, 5) is 2.21. The van der Waals surface area contributed by atoms with E-state index < -0.39 is 7.01 Å². The number of hydrogen-bond acceptors (Lipinski definition) is 3. The molecule has 0 amide bonds. The first-order chi connectivity index (χ1) is 5.88. The van der Waals surface area contributed by atoms with Crippen molar-refractivity contribution in [1.82, 2.24) is 4.90 Å². The summed E-state index contributed by atoms with van der Waals surface area (Å²) in [7, 11) is -2.80. The molecule has 0 N–H and O–H groups in total. The molecule has 0 unspecified atom stereocenters. The van der Waals surface area contributed by atoms with Crippen molar-refractivity contribution in [3.8, 4) is 0 Å². The molecule has 0 spiro atoms. The minimum atomic E-state index is -2.80. The van der Waals surface area contributed by atoms with Gasteiger partial charge in [-0.2, -0.15) is 0 Å². The third kappa shape index (κ3) is 4.12. The highest BCUT2D eigenvalue weighted by Gasteiger charge is 2.28. The highest BCUT2D eigenvalue weighted by Crippen LogP contribution is 2.23. The molecular formula is C8H16INO2S. The van der Waals surface area contributed by atoms with Gasteiger partial charge in [-0.15, -0.1) is 0 Å². The molecule has 0 aromatic carbocycles. The fourth-order valence-corrected chi connectivity index (χ4v) is 2.52. The lowest BCUT2D eigenvalue weighted by molar-refractivity contribution is 0.0753. The van der Waals surface area contributed by atoms with Gasteiger partial charge in [0.25, 0.3) is 0 Å². The van der Waals surface area contributed by atoms with Gasteiger partial charge in [-0.1, -0.05) is 13.8 Å². The van der Waals surface area contributed by atoms with Crippen molar-refractivity contribution in [3.05, 3.63) is 0 Å². The standard InChI is InChI=1S/C8H16INO2S/c1-7(2)8-5-10(6-8)3-4-13(9,11)12/h7-8H,3-6H2,1-2H3. The molecule has 0 atom stereocenters. The van der Waals surface area contributed by atoms with Gasteiger partial charge in [0.05, 0.1) is 27.0 Å². The molecule has 5 heteroatoms. The van der Waals surface area contributed by atoms with E-state index in [-0.39, 0.29) is 0 Å². The fraction of sp³-hybridized carbons (Fsp3) is 1.00. The normalized spacial score (nSPS) is 20.6. The second kappa shape index (κ2) is 4.44. The van der Waals surface area contributed by atoms with Crippen molar-refractivity contribution in [2.75, 3.05) is 25.4 Å². The molecular weight excluding hydrogens is 301 g/mol. The van der Waals surface area contributed by atoms with Crippen LogP contribution in [-0.4, -0.2) is 38.7 Å². The maximum atomic E-state index is 10.9. The lowest BCUT2D eigenvalue weighted by Gasteiger charge is -2.41. The second-order valence-corrected chi connectivity index (χ2v) is 9.52. The molecule has 1 heterocycles. The van der Waals surface area contributed by atoms with E-state index in [4.69, 9.17) is 0 Å². The van der Waals surface area contributed by atoms with E-state index in [0.29, 0.717) is 12.3 Å². The topological polar surface area (TPSA) is 37.4 Å². The van der Waals surface area contributed by atoms with Crippen LogP contribution in [0.3, 0.4) is 0 Å². The first-order valence-electron chi connectivity index (χ1n) is 4.53. The Balaban J connectivity index is 2.16. The van der Waals surface area contributed by atoms with Gasteiger partial charge in [0.2, 0.25) is 7.01 Å². The molecule has 0 aromatic rings. The average molecular weight is 317 g/mol. The van der Waals surface area contributed by atoms with Crippen LogP contribution in [0.2, 0.25) is 0 Å². The quantitative estimate of drug-likeness (QED) is 0.580. The number of nitrogens with zero attached hydrogens (tertiary/aromatic N) is 1. The Bertz CT molecular complexity index is 257. The summed E-state index contributed by atoms with van der Waals surface area (Å²) >= 11 is 1.51. The maximum absolute atomic E-state index is 10.9. The van der Waals surface area contributed by atoms with Crippen LogP contribution < -0.4 is 0 Å². The first-order valence-corrected chi connectivity index (χ1v) is 8.72. The van der Waals surface area contributed by atoms with Crippen LogP contribution in [0.15, 0.2) is 0 Å². The first kappa shape index (κ1) is 11.7. The van der Waals surface area contributed by atoms with Gasteiger partial charge in [-0.3, -0.25) is 0 Å². The van der Waals surface area contributed by atoms with Crippen LogP contribution in [0.5, 0.6) is 0 Å². The van der Waals surface area contributed by atoms with Crippen molar-refractivity contribution < 1.29 is 8.42 Å². The molecule has 1 fully saturated rings. The summed E-state index contributed by atoms with van der Waals surface area (Å²) < 4.78 is 21.7. The predicted octanol–water partition coefficient (Wildman–Crippen LogP) is 1.34. The van der Waals surface area contributed by atoms with Crippen molar-refractivity contribution in [1.29, 1.82) is 0 Å². The van der Waals surface area contributed by atoms with Gasteiger partial charge < -0.3 is 4.90 Å². The van der Waals surface area contributed by atoms with Crippen LogP contribution in [-0.2, 0) is 7.01 Å². The van der Waals surface area contributed by atoms with E-state index >= 15 is 0 Å². The SMILES string of the molecule is CC(C)C1CN(CCS(=O)(=O)I)C1. The Morgan fingerprint density at radius 1 is 1.46 bits per heavy atom. The molecule has 0 radical (unpaired) electrons. The molecule has 0 aliphatic carbocycles. The average Bonchev–Trinajstić information content (AvgIpc) is 1.79. The Morgan fingerprint density at radius 3 is 2.38 bits per heavy atom. The van der Waals surface area contributed by atoms with Crippen LogP contribution in [0.1, 0.15) is 13.8 Å². The van der Waals surface area contributed by atoms with Crippen LogP contribution in [0, 0.1) is 11.8 Å². The third-order valence-electron chi connectivity index (χ3n) is 2.58. The van der Waals surface area contributed by atoms with Gasteiger partial charge in [-0.05, 0) is 11.8 Å². The Labute approximate surface area is 92.4 Å². The highest BCUT2D eigenvalue weighted by atomic mass is 127. The minimum absolute atomic E-state index is 0.290. The van der Waals surface area contributed by atoms with Crippen molar-refractivity contribution in [3.63, 3.8) is 0 Å². The molecule has 3 nitrogen and oxygen atoms in total. The zero-order valence-corrected chi connectivity index (χ0v) is 11.0. The van der Waals surface area contributed by atoms with Crippen LogP contribution in [0.4, 0.5) is 0 Å². The lowest BCUT2D eigenvalue weighted by Crippen LogP contribution is -2.50. The summed E-state index contributed by atoms with van der Waals surface area (Å²) in [6.07, 6.45) is 0. The van der Waals surface area contributed by atoms with Crippen LogP contribution in [0.25, 0.3) is 0 Å². The fourth-order valence-electron chi connectivity index (χ4n) is 1.45. The third-order valence-corrected chi connectivity index (χ3v) is 4.57. The number of likely N-dealkylation sites (tertiary alicyclic amines) is 1. The zero-order valence-electron chi connectivity index (χ0n) is 8.03. The molecule has 0 aromatic heterocycles. The van der Waals surface area contributed by atoms with Gasteiger partial charge in [0, 0.05) is 19.6 Å². The minimum Gasteiger partial charge on any atom is -0.302 e. The van der Waals surface area contributed by atoms with Gasteiger partial charge in [0.1, 0.15) is 0 Å². The summed E-state index contributed by atoms with van der Waals surface area (Å²) in [5.41, 5.74) is 0. The van der Waals surface area contributed by atoms with E-state index in [0.717, 1.165) is 24.9 Å². The number of halogens is 1. The van der Waals surface area contributed by atoms with E-state index in [1.165, 1.54) is 21.2 Å². The predicted molar refractivity (Wildman–Crippen MR) is 62.6 cm³/mol. The molecule has 1 aliphatic heterocycles. The van der Waals surface area contributed by atoms with Crippen LogP contribution >= 0.6 is 21.2 Å². The smallest absolute Gasteiger partial charge is 0.204 e. The summed E-state index contributed by atoms with van der Waals surface area (Å²) in [5, 5.41) is 0. The monoisotopic (exact) mass is 317 g/mol. The Morgan fingerprint density at radius 2 is 2.00 bits per heavy atom. The molecule has 1 rings (SSSR count). The second-order valence-electron chi connectivity index (χ2n) is 4.01. The van der Waals surface area contributed by atoms with Gasteiger partial charge >= 0.3 is 0 Å². The number of rotatable bonds is 4. The van der Waals surface area contributed by atoms with Crippen molar-refractivity contribution >= 4 is 28.2 Å². The molecule has 13 heavy (non-hydrogen) atoms. The summed E-state index contributed by atoms with van der Waals surface area (Å²) in [6.45, 7) is 7.29. The molecule has 78 valence electrons.